The normalized spacial score (nSPS) is 18.7. The molecule has 0 aromatic carbocycles. The van der Waals surface area contributed by atoms with Gasteiger partial charge in [0.05, 0.1) is 10.6 Å². The maximum absolute atomic E-state index is 13.3. The summed E-state index contributed by atoms with van der Waals surface area (Å²) < 4.78 is 0. The van der Waals surface area contributed by atoms with Crippen molar-refractivity contribution in [2.24, 2.45) is 17.8 Å². The molecule has 0 spiro atoms. The lowest BCUT2D eigenvalue weighted by Gasteiger charge is -2.31. The number of anilines is 1. The van der Waals surface area contributed by atoms with Crippen LogP contribution in [0, 0.1) is 29.6 Å². The summed E-state index contributed by atoms with van der Waals surface area (Å²) in [5.41, 5.74) is 0.273. The molecule has 1 aromatic rings. The number of hydrogen-bond donors (Lipinski definition) is 1. The summed E-state index contributed by atoms with van der Waals surface area (Å²) in [6.07, 6.45) is 3.46. The van der Waals surface area contributed by atoms with Crippen LogP contribution in [0.3, 0.4) is 0 Å². The van der Waals surface area contributed by atoms with E-state index in [2.05, 4.69) is 18.8 Å². The van der Waals surface area contributed by atoms with Crippen molar-refractivity contribution in [2.75, 3.05) is 25.5 Å². The van der Waals surface area contributed by atoms with E-state index in [4.69, 9.17) is 0 Å². The molecule has 158 valence electrons. The average molecular weight is 419 g/mol. The molecule has 1 fully saturated rings. The SMILES string of the molecule is CC(C)C#Cc1cc(N(CC(=O)N(C)C)C(=O)C2CCC(C)CC2)c(C(=O)O)s1. The maximum atomic E-state index is 13.3. The molecule has 1 aromatic heterocycles. The van der Waals surface area contributed by atoms with E-state index in [1.807, 2.05) is 13.8 Å². The van der Waals surface area contributed by atoms with E-state index in [0.29, 0.717) is 10.8 Å². The fourth-order valence-corrected chi connectivity index (χ4v) is 4.16. The quantitative estimate of drug-likeness (QED) is 0.740. The highest BCUT2D eigenvalue weighted by atomic mass is 32.1. The summed E-state index contributed by atoms with van der Waals surface area (Å²) in [5.74, 6) is 5.02. The number of carboxylic acids is 1. The molecule has 1 aliphatic carbocycles. The number of thiophene rings is 1. The molecule has 0 aliphatic heterocycles. The fourth-order valence-electron chi connectivity index (χ4n) is 3.30. The summed E-state index contributed by atoms with van der Waals surface area (Å²) in [6, 6.07) is 1.63. The van der Waals surface area contributed by atoms with Crippen LogP contribution in [0.2, 0.25) is 0 Å². The summed E-state index contributed by atoms with van der Waals surface area (Å²) in [6.45, 7) is 5.91. The lowest BCUT2D eigenvalue weighted by Crippen LogP contribution is -2.44. The zero-order valence-electron chi connectivity index (χ0n) is 17.8. The van der Waals surface area contributed by atoms with E-state index in [-0.39, 0.29) is 40.8 Å². The second-order valence-electron chi connectivity index (χ2n) is 8.22. The van der Waals surface area contributed by atoms with Gasteiger partial charge in [-0.2, -0.15) is 0 Å². The van der Waals surface area contributed by atoms with Gasteiger partial charge in [0, 0.05) is 25.9 Å². The van der Waals surface area contributed by atoms with E-state index >= 15 is 0 Å². The Kier molecular flexibility index (Phi) is 7.86. The standard InChI is InChI=1S/C22H30N2O4S/c1-14(2)6-11-17-12-18(20(29-17)22(27)28)24(13-19(25)23(4)5)21(26)16-9-7-15(3)8-10-16/h12,14-16H,7-10,13H2,1-5H3,(H,27,28). The van der Waals surface area contributed by atoms with Crippen molar-refractivity contribution in [3.8, 4) is 11.8 Å². The molecule has 29 heavy (non-hydrogen) atoms. The molecule has 7 heteroatoms. The third kappa shape index (κ3) is 6.07. The lowest BCUT2D eigenvalue weighted by molar-refractivity contribution is -0.130. The van der Waals surface area contributed by atoms with Crippen LogP contribution in [0.25, 0.3) is 0 Å². The van der Waals surface area contributed by atoms with Crippen LogP contribution in [0.1, 0.15) is 61.0 Å². The van der Waals surface area contributed by atoms with Crippen molar-refractivity contribution in [1.82, 2.24) is 4.90 Å². The van der Waals surface area contributed by atoms with Gasteiger partial charge in [0.1, 0.15) is 11.4 Å². The van der Waals surface area contributed by atoms with Crippen molar-refractivity contribution >= 4 is 34.8 Å². The van der Waals surface area contributed by atoms with Crippen molar-refractivity contribution in [3.05, 3.63) is 15.8 Å². The number of aromatic carboxylic acids is 1. The lowest BCUT2D eigenvalue weighted by atomic mass is 9.82. The van der Waals surface area contributed by atoms with E-state index in [0.717, 1.165) is 37.0 Å². The van der Waals surface area contributed by atoms with Crippen LogP contribution < -0.4 is 4.90 Å². The van der Waals surface area contributed by atoms with Crippen molar-refractivity contribution in [3.63, 3.8) is 0 Å². The highest BCUT2D eigenvalue weighted by molar-refractivity contribution is 7.15. The number of likely N-dealkylation sites (N-methyl/N-ethyl adjacent to an activating group) is 1. The third-order valence-electron chi connectivity index (χ3n) is 5.10. The second-order valence-corrected chi connectivity index (χ2v) is 9.28. The minimum absolute atomic E-state index is 0.0436. The number of carbonyl (C=O) groups is 3. The largest absolute Gasteiger partial charge is 0.477 e. The van der Waals surface area contributed by atoms with E-state index in [9.17, 15) is 19.5 Å². The Morgan fingerprint density at radius 2 is 1.83 bits per heavy atom. The van der Waals surface area contributed by atoms with E-state index in [1.54, 1.807) is 20.2 Å². The molecule has 1 saturated carbocycles. The van der Waals surface area contributed by atoms with Gasteiger partial charge in [-0.05, 0) is 37.7 Å². The molecule has 0 radical (unpaired) electrons. The molecule has 2 amide bonds. The van der Waals surface area contributed by atoms with Crippen LogP contribution in [-0.4, -0.2) is 48.4 Å². The van der Waals surface area contributed by atoms with Crippen LogP contribution in [-0.2, 0) is 9.59 Å². The molecule has 6 nitrogen and oxygen atoms in total. The van der Waals surface area contributed by atoms with Crippen molar-refractivity contribution in [1.29, 1.82) is 0 Å². The molecular weight excluding hydrogens is 388 g/mol. The van der Waals surface area contributed by atoms with Gasteiger partial charge in [0.25, 0.3) is 0 Å². The topological polar surface area (TPSA) is 77.9 Å². The van der Waals surface area contributed by atoms with E-state index < -0.39 is 5.97 Å². The Bertz CT molecular complexity index is 824. The maximum Gasteiger partial charge on any atom is 0.348 e. The second kappa shape index (κ2) is 9.93. The van der Waals surface area contributed by atoms with Gasteiger partial charge in [0.2, 0.25) is 11.8 Å². The molecule has 0 unspecified atom stereocenters. The Balaban J connectivity index is 2.44. The molecule has 1 N–H and O–H groups in total. The van der Waals surface area contributed by atoms with Gasteiger partial charge < -0.3 is 14.9 Å². The summed E-state index contributed by atoms with van der Waals surface area (Å²) in [7, 11) is 3.25. The Labute approximate surface area is 176 Å². The summed E-state index contributed by atoms with van der Waals surface area (Å²) in [5, 5.41) is 9.70. The summed E-state index contributed by atoms with van der Waals surface area (Å²) in [4.78, 5) is 41.0. The first-order valence-corrected chi connectivity index (χ1v) is 10.8. The van der Waals surface area contributed by atoms with Gasteiger partial charge in [-0.3, -0.25) is 9.59 Å². The zero-order valence-corrected chi connectivity index (χ0v) is 18.6. The van der Waals surface area contributed by atoms with Crippen LogP contribution >= 0.6 is 11.3 Å². The van der Waals surface area contributed by atoms with Crippen molar-refractivity contribution in [2.45, 2.75) is 46.5 Å². The predicted octanol–water partition coefficient (Wildman–Crippen LogP) is 3.70. The highest BCUT2D eigenvalue weighted by Gasteiger charge is 2.33. The van der Waals surface area contributed by atoms with Gasteiger partial charge in [0.15, 0.2) is 0 Å². The minimum Gasteiger partial charge on any atom is -0.477 e. The van der Waals surface area contributed by atoms with Gasteiger partial charge in [-0.15, -0.1) is 11.3 Å². The zero-order chi connectivity index (χ0) is 21.7. The number of carbonyl (C=O) groups excluding carboxylic acids is 2. The molecule has 0 atom stereocenters. The number of amides is 2. The van der Waals surface area contributed by atoms with Crippen LogP contribution in [0.5, 0.6) is 0 Å². The van der Waals surface area contributed by atoms with Gasteiger partial charge in [-0.25, -0.2) is 4.79 Å². The summed E-state index contributed by atoms with van der Waals surface area (Å²) >= 11 is 1.05. The number of carboxylic acid groups (broad SMARTS) is 1. The number of nitrogens with zero attached hydrogens (tertiary/aromatic N) is 2. The first-order valence-electron chi connectivity index (χ1n) is 10.00. The van der Waals surface area contributed by atoms with Crippen molar-refractivity contribution < 1.29 is 19.5 Å². The Morgan fingerprint density at radius 3 is 2.34 bits per heavy atom. The molecule has 1 aliphatic rings. The highest BCUT2D eigenvalue weighted by Crippen LogP contribution is 2.35. The number of rotatable bonds is 5. The fraction of sp³-hybridized carbons (Fsp3) is 0.591. The minimum atomic E-state index is -1.12. The Hall–Kier alpha value is -2.33. The molecule has 0 saturated heterocycles. The first-order chi connectivity index (χ1) is 13.6. The monoisotopic (exact) mass is 418 g/mol. The Morgan fingerprint density at radius 1 is 1.21 bits per heavy atom. The third-order valence-corrected chi connectivity index (χ3v) is 6.13. The predicted molar refractivity (Wildman–Crippen MR) is 115 cm³/mol. The van der Waals surface area contributed by atoms with Crippen LogP contribution in [0.4, 0.5) is 5.69 Å². The molecule has 0 bridgehead atoms. The molecule has 1 heterocycles. The van der Waals surface area contributed by atoms with Gasteiger partial charge in [-0.1, -0.05) is 32.6 Å². The smallest absolute Gasteiger partial charge is 0.348 e. The van der Waals surface area contributed by atoms with Crippen LogP contribution in [0.15, 0.2) is 6.07 Å². The first kappa shape index (κ1) is 23.0. The molecule has 2 rings (SSSR count). The average Bonchev–Trinajstić information content (AvgIpc) is 3.08. The van der Waals surface area contributed by atoms with E-state index in [1.165, 1.54) is 9.80 Å². The number of hydrogen-bond acceptors (Lipinski definition) is 4. The van der Waals surface area contributed by atoms with Gasteiger partial charge >= 0.3 is 5.97 Å². The molecular formula is C22H30N2O4S.